The van der Waals surface area contributed by atoms with Gasteiger partial charge in [0.15, 0.2) is 5.13 Å². The minimum Gasteiger partial charge on any atom is -0.497 e. The minimum atomic E-state index is -0.0105. The minimum absolute atomic E-state index is 0.0105. The number of hydrogen-bond acceptors (Lipinski definition) is 5. The second-order valence-corrected chi connectivity index (χ2v) is 8.27. The zero-order valence-electron chi connectivity index (χ0n) is 16.8. The first-order chi connectivity index (χ1) is 14.1. The van der Waals surface area contributed by atoms with Crippen molar-refractivity contribution in [3.05, 3.63) is 53.6 Å². The number of benzene rings is 2. The molecule has 0 aliphatic carbocycles. The summed E-state index contributed by atoms with van der Waals surface area (Å²) in [6, 6.07) is 13.5. The summed E-state index contributed by atoms with van der Waals surface area (Å²) < 4.78 is 11.8. The standard InChI is InChI=1S/C22H25N3O3S/c1-16-3-5-17(6-4-16)21(26)25(10-9-24-11-13-28-14-12-24)22-23-19-8-7-18(27-2)15-20(19)29-22/h3-8,15H,9-14H2,1-2H3/p+1. The second-order valence-electron chi connectivity index (χ2n) is 7.27. The van der Waals surface area contributed by atoms with Gasteiger partial charge in [0.1, 0.15) is 18.8 Å². The second kappa shape index (κ2) is 8.90. The smallest absolute Gasteiger partial charge is 0.260 e. The van der Waals surface area contributed by atoms with Crippen molar-refractivity contribution in [1.82, 2.24) is 4.98 Å². The van der Waals surface area contributed by atoms with E-state index in [1.165, 1.54) is 16.2 Å². The number of rotatable bonds is 6. The summed E-state index contributed by atoms with van der Waals surface area (Å²) in [6.07, 6.45) is 0. The Bertz CT molecular complexity index is 981. The topological polar surface area (TPSA) is 56.1 Å². The number of methoxy groups -OCH3 is 1. The van der Waals surface area contributed by atoms with Crippen LogP contribution in [0.15, 0.2) is 42.5 Å². The summed E-state index contributed by atoms with van der Waals surface area (Å²) in [7, 11) is 1.65. The molecule has 29 heavy (non-hydrogen) atoms. The molecule has 2 aromatic carbocycles. The summed E-state index contributed by atoms with van der Waals surface area (Å²) in [5.74, 6) is 0.783. The molecule has 2 heterocycles. The van der Waals surface area contributed by atoms with Crippen molar-refractivity contribution in [1.29, 1.82) is 0 Å². The molecule has 1 aliphatic heterocycles. The van der Waals surface area contributed by atoms with E-state index in [0.29, 0.717) is 12.1 Å². The monoisotopic (exact) mass is 412 g/mol. The number of anilines is 1. The third-order valence-electron chi connectivity index (χ3n) is 5.25. The average Bonchev–Trinajstić information content (AvgIpc) is 3.17. The predicted molar refractivity (Wildman–Crippen MR) is 115 cm³/mol. The molecule has 4 rings (SSSR count). The van der Waals surface area contributed by atoms with Crippen LogP contribution in [-0.4, -0.2) is 57.4 Å². The Hall–Kier alpha value is -2.48. The number of aromatic nitrogens is 1. The fourth-order valence-corrected chi connectivity index (χ4v) is 4.47. The fourth-order valence-electron chi connectivity index (χ4n) is 3.45. The molecule has 0 atom stereocenters. The van der Waals surface area contributed by atoms with Gasteiger partial charge in [0.05, 0.1) is 43.6 Å². The molecule has 6 nitrogen and oxygen atoms in total. The van der Waals surface area contributed by atoms with Crippen LogP contribution in [0, 0.1) is 6.92 Å². The van der Waals surface area contributed by atoms with Gasteiger partial charge in [0.25, 0.3) is 5.91 Å². The molecule has 1 aromatic heterocycles. The Morgan fingerprint density at radius 3 is 2.69 bits per heavy atom. The van der Waals surface area contributed by atoms with Crippen molar-refractivity contribution in [2.24, 2.45) is 0 Å². The lowest BCUT2D eigenvalue weighted by atomic mass is 10.1. The van der Waals surface area contributed by atoms with Crippen molar-refractivity contribution in [2.75, 3.05) is 51.4 Å². The molecule has 0 bridgehead atoms. The maximum atomic E-state index is 13.4. The number of hydrogen-bond donors (Lipinski definition) is 1. The molecule has 7 heteroatoms. The van der Waals surface area contributed by atoms with E-state index in [-0.39, 0.29) is 5.91 Å². The Labute approximate surface area is 174 Å². The first-order valence-electron chi connectivity index (χ1n) is 9.88. The van der Waals surface area contributed by atoms with E-state index in [4.69, 9.17) is 14.5 Å². The predicted octanol–water partition coefficient (Wildman–Crippen LogP) is 2.18. The molecule has 1 N–H and O–H groups in total. The van der Waals surface area contributed by atoms with Crippen LogP contribution in [0.25, 0.3) is 10.2 Å². The van der Waals surface area contributed by atoms with Gasteiger partial charge in [-0.05, 0) is 37.3 Å². The van der Waals surface area contributed by atoms with Gasteiger partial charge in [-0.15, -0.1) is 0 Å². The number of carbonyl (C=O) groups is 1. The van der Waals surface area contributed by atoms with E-state index in [1.807, 2.05) is 54.3 Å². The van der Waals surface area contributed by atoms with E-state index < -0.39 is 0 Å². The van der Waals surface area contributed by atoms with Crippen molar-refractivity contribution >= 4 is 32.6 Å². The molecule has 1 aliphatic rings. The first-order valence-corrected chi connectivity index (χ1v) is 10.7. The van der Waals surface area contributed by atoms with Crippen molar-refractivity contribution < 1.29 is 19.2 Å². The Morgan fingerprint density at radius 1 is 1.21 bits per heavy atom. The number of ether oxygens (including phenoxy) is 2. The molecule has 3 aromatic rings. The molecule has 0 spiro atoms. The Balaban J connectivity index is 1.63. The number of carbonyl (C=O) groups excluding carboxylic acids is 1. The highest BCUT2D eigenvalue weighted by Gasteiger charge is 2.24. The zero-order valence-corrected chi connectivity index (χ0v) is 17.6. The summed E-state index contributed by atoms with van der Waals surface area (Å²) in [6.45, 7) is 7.03. The number of fused-ring (bicyclic) bond motifs is 1. The summed E-state index contributed by atoms with van der Waals surface area (Å²) >= 11 is 1.53. The third kappa shape index (κ3) is 4.58. The van der Waals surface area contributed by atoms with Gasteiger partial charge < -0.3 is 14.4 Å². The number of nitrogens with one attached hydrogen (secondary N) is 1. The van der Waals surface area contributed by atoms with Gasteiger partial charge >= 0.3 is 0 Å². The number of amides is 1. The highest BCUT2D eigenvalue weighted by Crippen LogP contribution is 2.32. The molecule has 0 unspecified atom stereocenters. The SMILES string of the molecule is COc1ccc2nc(N(CC[NH+]3CCOCC3)C(=O)c3ccc(C)cc3)sc2c1. The maximum absolute atomic E-state index is 13.4. The summed E-state index contributed by atoms with van der Waals surface area (Å²) in [4.78, 5) is 21.4. The van der Waals surface area contributed by atoms with Crippen molar-refractivity contribution in [3.8, 4) is 5.75 Å². The van der Waals surface area contributed by atoms with E-state index in [0.717, 1.165) is 59.5 Å². The van der Waals surface area contributed by atoms with E-state index in [2.05, 4.69) is 0 Å². The Kier molecular flexibility index (Phi) is 6.08. The van der Waals surface area contributed by atoms with Gasteiger partial charge in [0.2, 0.25) is 0 Å². The molecule has 1 saturated heterocycles. The lowest BCUT2D eigenvalue weighted by Gasteiger charge is -2.27. The lowest BCUT2D eigenvalue weighted by molar-refractivity contribution is -0.906. The fraction of sp³-hybridized carbons (Fsp3) is 0.364. The quantitative estimate of drug-likeness (QED) is 0.674. The summed E-state index contributed by atoms with van der Waals surface area (Å²) in [5, 5.41) is 0.728. The van der Waals surface area contributed by atoms with Crippen LogP contribution in [-0.2, 0) is 4.74 Å². The molecular weight excluding hydrogens is 386 g/mol. The number of morpholine rings is 1. The van der Waals surface area contributed by atoms with Crippen LogP contribution in [0.3, 0.4) is 0 Å². The van der Waals surface area contributed by atoms with Crippen LogP contribution in [0.5, 0.6) is 5.75 Å². The van der Waals surface area contributed by atoms with Crippen molar-refractivity contribution in [2.45, 2.75) is 6.92 Å². The normalized spacial score (nSPS) is 14.8. The number of aryl methyl sites for hydroxylation is 1. The van der Waals surface area contributed by atoms with Crippen LogP contribution in [0.4, 0.5) is 5.13 Å². The van der Waals surface area contributed by atoms with Gasteiger partial charge in [-0.25, -0.2) is 4.98 Å². The lowest BCUT2D eigenvalue weighted by Crippen LogP contribution is -3.14. The van der Waals surface area contributed by atoms with Gasteiger partial charge in [-0.2, -0.15) is 0 Å². The van der Waals surface area contributed by atoms with Gasteiger partial charge in [0, 0.05) is 5.56 Å². The highest BCUT2D eigenvalue weighted by atomic mass is 32.1. The van der Waals surface area contributed by atoms with E-state index >= 15 is 0 Å². The average molecular weight is 413 g/mol. The highest BCUT2D eigenvalue weighted by molar-refractivity contribution is 7.22. The van der Waals surface area contributed by atoms with Crippen LogP contribution in [0.1, 0.15) is 15.9 Å². The third-order valence-corrected chi connectivity index (χ3v) is 6.29. The van der Waals surface area contributed by atoms with E-state index in [1.54, 1.807) is 7.11 Å². The molecular formula is C22H26N3O3S+. The van der Waals surface area contributed by atoms with Crippen LogP contribution in [0.2, 0.25) is 0 Å². The van der Waals surface area contributed by atoms with Crippen LogP contribution >= 0.6 is 11.3 Å². The molecule has 1 fully saturated rings. The van der Waals surface area contributed by atoms with E-state index in [9.17, 15) is 4.79 Å². The molecule has 0 radical (unpaired) electrons. The van der Waals surface area contributed by atoms with Crippen molar-refractivity contribution in [3.63, 3.8) is 0 Å². The summed E-state index contributed by atoms with van der Waals surface area (Å²) in [5.41, 5.74) is 2.70. The van der Waals surface area contributed by atoms with Gasteiger partial charge in [-0.1, -0.05) is 29.0 Å². The Morgan fingerprint density at radius 2 is 1.97 bits per heavy atom. The largest absolute Gasteiger partial charge is 0.497 e. The number of quaternary nitrogens is 1. The number of nitrogens with zero attached hydrogens (tertiary/aromatic N) is 2. The molecule has 1 amide bonds. The zero-order chi connectivity index (χ0) is 20.2. The first kappa shape index (κ1) is 19.8. The maximum Gasteiger partial charge on any atom is 0.260 e. The van der Waals surface area contributed by atoms with Gasteiger partial charge in [-0.3, -0.25) is 9.69 Å². The van der Waals surface area contributed by atoms with Crippen LogP contribution < -0.4 is 14.5 Å². The number of thiazole rings is 1. The molecule has 0 saturated carbocycles. The molecule has 152 valence electrons.